The van der Waals surface area contributed by atoms with E-state index in [-0.39, 0.29) is 17.3 Å². The van der Waals surface area contributed by atoms with Crippen molar-refractivity contribution in [2.45, 2.75) is 18.8 Å². The van der Waals surface area contributed by atoms with Crippen LogP contribution in [-0.2, 0) is 11.0 Å². The minimum absolute atomic E-state index is 0.0996. The molecular formula is C19H12F6N4O5. The first-order chi connectivity index (χ1) is 15.7. The third-order valence-corrected chi connectivity index (χ3v) is 3.85. The summed E-state index contributed by atoms with van der Waals surface area (Å²) in [4.78, 5) is 39.1. The molecule has 34 heavy (non-hydrogen) atoms. The third kappa shape index (κ3) is 7.36. The van der Waals surface area contributed by atoms with E-state index in [1.807, 2.05) is 5.32 Å². The predicted octanol–water partition coefficient (Wildman–Crippen LogP) is 4.21. The number of ketones is 1. The zero-order chi connectivity index (χ0) is 25.7. The first kappa shape index (κ1) is 25.9. The summed E-state index contributed by atoms with van der Waals surface area (Å²) in [6, 6.07) is 4.41. The molecule has 1 aromatic heterocycles. The molecule has 9 nitrogen and oxygen atoms in total. The topological polar surface area (TPSA) is 141 Å². The van der Waals surface area contributed by atoms with Crippen molar-refractivity contribution in [2.24, 2.45) is 0 Å². The van der Waals surface area contributed by atoms with Gasteiger partial charge in [0.2, 0.25) is 5.91 Å². The quantitative estimate of drug-likeness (QED) is 0.300. The maximum Gasteiger partial charge on any atom is 0.422 e. The Kier molecular flexibility index (Phi) is 7.67. The molecule has 0 atom stereocenters. The molecule has 0 fully saturated rings. The van der Waals surface area contributed by atoms with Gasteiger partial charge in [0, 0.05) is 17.8 Å². The number of aromatic nitrogens is 1. The predicted molar refractivity (Wildman–Crippen MR) is 101 cm³/mol. The van der Waals surface area contributed by atoms with Crippen molar-refractivity contribution >= 4 is 29.2 Å². The van der Waals surface area contributed by atoms with Crippen molar-refractivity contribution in [3.63, 3.8) is 0 Å². The zero-order valence-electron chi connectivity index (χ0n) is 16.5. The van der Waals surface area contributed by atoms with Gasteiger partial charge in [-0.05, 0) is 18.2 Å². The van der Waals surface area contributed by atoms with Crippen molar-refractivity contribution in [3.8, 4) is 11.8 Å². The van der Waals surface area contributed by atoms with E-state index in [0.29, 0.717) is 6.07 Å². The monoisotopic (exact) mass is 490 g/mol. The number of halogens is 6. The normalized spacial score (nSPS) is 11.3. The Morgan fingerprint density at radius 2 is 1.71 bits per heavy atom. The molecule has 180 valence electrons. The van der Waals surface area contributed by atoms with Gasteiger partial charge in [0.15, 0.2) is 12.4 Å². The lowest BCUT2D eigenvalue weighted by atomic mass is 10.1. The molecule has 0 spiro atoms. The summed E-state index contributed by atoms with van der Waals surface area (Å²) in [6.07, 6.45) is -11.9. The minimum atomic E-state index is -5.25. The van der Waals surface area contributed by atoms with Crippen LogP contribution in [-0.4, -0.2) is 40.7 Å². The average Bonchev–Trinajstić information content (AvgIpc) is 2.71. The molecule has 2 rings (SSSR count). The van der Waals surface area contributed by atoms with Gasteiger partial charge in [0.1, 0.15) is 17.5 Å². The molecule has 0 radical (unpaired) electrons. The molecule has 0 saturated carbocycles. The number of carboxylic acid groups (broad SMARTS) is 1. The molecule has 15 heteroatoms. The van der Waals surface area contributed by atoms with E-state index >= 15 is 0 Å². The smallest absolute Gasteiger partial charge is 0.422 e. The Hall–Kier alpha value is -4.35. The maximum atomic E-state index is 13.4. The van der Waals surface area contributed by atoms with E-state index in [9.17, 15) is 40.7 Å². The van der Waals surface area contributed by atoms with Crippen LogP contribution in [0.2, 0.25) is 0 Å². The molecule has 0 saturated heterocycles. The zero-order valence-corrected chi connectivity index (χ0v) is 16.5. The molecule has 0 aliphatic carbocycles. The van der Waals surface area contributed by atoms with Crippen LogP contribution in [0.5, 0.6) is 5.75 Å². The lowest BCUT2D eigenvalue weighted by molar-refractivity contribution is -0.158. The lowest BCUT2D eigenvalue weighted by Crippen LogP contribution is -2.22. The van der Waals surface area contributed by atoms with Gasteiger partial charge < -0.3 is 15.2 Å². The summed E-state index contributed by atoms with van der Waals surface area (Å²) < 4.78 is 81.6. The van der Waals surface area contributed by atoms with Crippen LogP contribution in [0.3, 0.4) is 0 Å². The molecular weight excluding hydrogens is 478 g/mol. The number of pyridine rings is 1. The minimum Gasteiger partial charge on any atom is -0.483 e. The lowest BCUT2D eigenvalue weighted by Gasteiger charge is -2.19. The van der Waals surface area contributed by atoms with Crippen LogP contribution < -0.4 is 15.4 Å². The van der Waals surface area contributed by atoms with E-state index in [4.69, 9.17) is 10.4 Å². The van der Waals surface area contributed by atoms with Crippen LogP contribution in [0.15, 0.2) is 30.5 Å². The number of nitriles is 1. The number of alkyl halides is 6. The van der Waals surface area contributed by atoms with Crippen molar-refractivity contribution < 1.29 is 50.6 Å². The fraction of sp³-hybridized carbons (Fsp3) is 0.211. The van der Waals surface area contributed by atoms with Crippen LogP contribution in [0.25, 0.3) is 0 Å². The Morgan fingerprint density at radius 3 is 2.26 bits per heavy atom. The van der Waals surface area contributed by atoms with Crippen LogP contribution >= 0.6 is 0 Å². The standard InChI is InChI=1S/C19H12F6N4O5/c20-18(21,22)8-34-15-5-13(29-17(32)33)12(4-11(15)19(23,24)25)28-16(31)6-14(30)9-1-2-27-10(3-9)7-26/h1-5,29H,6,8H2,(H,28,31)(H,32,33). The van der Waals surface area contributed by atoms with Gasteiger partial charge in [-0.25, -0.2) is 9.78 Å². The average molecular weight is 490 g/mol. The number of anilines is 2. The molecule has 1 heterocycles. The fourth-order valence-electron chi connectivity index (χ4n) is 2.51. The van der Waals surface area contributed by atoms with Crippen molar-refractivity contribution in [1.82, 2.24) is 4.98 Å². The number of ether oxygens (including phenoxy) is 1. The fourth-order valence-corrected chi connectivity index (χ4v) is 2.51. The molecule has 2 aromatic rings. The molecule has 2 amide bonds. The highest BCUT2D eigenvalue weighted by molar-refractivity contribution is 6.12. The maximum absolute atomic E-state index is 13.4. The number of carbonyl (C=O) groups excluding carboxylic acids is 2. The van der Waals surface area contributed by atoms with Gasteiger partial charge in [-0.3, -0.25) is 14.9 Å². The van der Waals surface area contributed by atoms with Gasteiger partial charge in [-0.1, -0.05) is 0 Å². The summed E-state index contributed by atoms with van der Waals surface area (Å²) in [5, 5.41) is 21.2. The number of benzene rings is 1. The number of Topliss-reactive ketones (excluding diaryl/α,β-unsaturated/α-hetero) is 1. The Labute approximate surface area is 186 Å². The first-order valence-corrected chi connectivity index (χ1v) is 8.83. The Bertz CT molecular complexity index is 1160. The largest absolute Gasteiger partial charge is 0.483 e. The number of amides is 2. The summed E-state index contributed by atoms with van der Waals surface area (Å²) >= 11 is 0. The van der Waals surface area contributed by atoms with E-state index in [1.165, 1.54) is 6.07 Å². The third-order valence-electron chi connectivity index (χ3n) is 3.85. The van der Waals surface area contributed by atoms with E-state index in [2.05, 4.69) is 9.72 Å². The molecule has 1 aromatic carbocycles. The van der Waals surface area contributed by atoms with Gasteiger partial charge in [0.05, 0.1) is 23.4 Å². The highest BCUT2D eigenvalue weighted by Gasteiger charge is 2.37. The molecule has 0 aliphatic rings. The number of nitrogens with one attached hydrogen (secondary N) is 2. The van der Waals surface area contributed by atoms with E-state index < -0.39 is 65.9 Å². The highest BCUT2D eigenvalue weighted by Crippen LogP contribution is 2.41. The van der Waals surface area contributed by atoms with Crippen LogP contribution in [0.4, 0.5) is 42.5 Å². The molecule has 3 N–H and O–H groups in total. The number of hydrogen-bond acceptors (Lipinski definition) is 6. The summed E-state index contributed by atoms with van der Waals surface area (Å²) in [7, 11) is 0. The Balaban J connectivity index is 2.37. The van der Waals surface area contributed by atoms with Crippen molar-refractivity contribution in [1.29, 1.82) is 5.26 Å². The van der Waals surface area contributed by atoms with Gasteiger partial charge in [-0.2, -0.15) is 31.6 Å². The Morgan fingerprint density at radius 1 is 1.06 bits per heavy atom. The SMILES string of the molecule is N#Cc1cc(C(=O)CC(=O)Nc2cc(C(F)(F)F)c(OCC(F)(F)F)cc2NC(=O)O)ccn1. The van der Waals surface area contributed by atoms with E-state index in [0.717, 1.165) is 12.3 Å². The van der Waals surface area contributed by atoms with Crippen molar-refractivity contribution in [3.05, 3.63) is 47.3 Å². The van der Waals surface area contributed by atoms with Crippen molar-refractivity contribution in [2.75, 3.05) is 17.2 Å². The molecule has 0 aliphatic heterocycles. The second-order valence-electron chi connectivity index (χ2n) is 6.42. The molecule has 0 bridgehead atoms. The van der Waals surface area contributed by atoms with Gasteiger partial charge in [-0.15, -0.1) is 0 Å². The first-order valence-electron chi connectivity index (χ1n) is 8.83. The van der Waals surface area contributed by atoms with Crippen LogP contribution in [0.1, 0.15) is 28.0 Å². The second kappa shape index (κ2) is 10.1. The van der Waals surface area contributed by atoms with Gasteiger partial charge >= 0.3 is 18.4 Å². The second-order valence-corrected chi connectivity index (χ2v) is 6.42. The highest BCUT2D eigenvalue weighted by atomic mass is 19.4. The number of nitrogens with zero attached hydrogens (tertiary/aromatic N) is 2. The number of hydrogen-bond donors (Lipinski definition) is 3. The number of rotatable bonds is 7. The number of carbonyl (C=O) groups is 3. The molecule has 0 unspecified atom stereocenters. The van der Waals surface area contributed by atoms with Gasteiger partial charge in [0.25, 0.3) is 0 Å². The summed E-state index contributed by atoms with van der Waals surface area (Å²) in [5.41, 5.74) is -3.50. The van der Waals surface area contributed by atoms with E-state index in [1.54, 1.807) is 11.4 Å². The summed E-state index contributed by atoms with van der Waals surface area (Å²) in [6.45, 7) is -2.10. The van der Waals surface area contributed by atoms with Crippen LogP contribution in [0, 0.1) is 11.3 Å². The summed E-state index contributed by atoms with van der Waals surface area (Å²) in [5.74, 6) is -3.36.